The molecule has 1 heterocycles. The molecule has 1 atom stereocenters. The average Bonchev–Trinajstić information content (AvgIpc) is 2.92. The summed E-state index contributed by atoms with van der Waals surface area (Å²) in [6, 6.07) is 10.3. The number of nitrogens with one attached hydrogen (secondary N) is 3. The Morgan fingerprint density at radius 3 is 2.45 bits per heavy atom. The van der Waals surface area contributed by atoms with Crippen LogP contribution < -0.4 is 14.8 Å². The number of hydrogen-bond acceptors (Lipinski definition) is 12. The third kappa shape index (κ3) is 7.10. The van der Waals surface area contributed by atoms with Crippen LogP contribution in [0.15, 0.2) is 57.3 Å². The first kappa shape index (κ1) is 33.9. The van der Waals surface area contributed by atoms with Gasteiger partial charge in [0.1, 0.15) is 21.8 Å². The van der Waals surface area contributed by atoms with Crippen LogP contribution in [0.1, 0.15) is 37.8 Å². The number of fused-ring (bicyclic) bond motifs is 2. The minimum atomic E-state index is -4.14. The highest BCUT2D eigenvalue weighted by Gasteiger charge is 2.51. The number of aliphatic hydroxyl groups is 1. The molecule has 6 N–H and O–H groups in total. The number of carbonyl (C=O) groups excluding carboxylic acids is 1. The van der Waals surface area contributed by atoms with Gasteiger partial charge in [0.15, 0.2) is 11.6 Å². The quantitative estimate of drug-likeness (QED) is 0.180. The van der Waals surface area contributed by atoms with E-state index in [0.29, 0.717) is 6.42 Å². The minimum absolute atomic E-state index is 0.00198. The van der Waals surface area contributed by atoms with Crippen molar-refractivity contribution in [3.05, 3.63) is 59.2 Å². The fourth-order valence-corrected chi connectivity index (χ4v) is 8.17. The molecule has 44 heavy (non-hydrogen) atoms. The van der Waals surface area contributed by atoms with E-state index in [0.717, 1.165) is 6.26 Å². The molecule has 2 aromatic carbocycles. The van der Waals surface area contributed by atoms with E-state index in [1.807, 2.05) is 13.8 Å². The molecule has 0 saturated heterocycles. The Balaban J connectivity index is 1.87. The van der Waals surface area contributed by atoms with Crippen molar-refractivity contribution in [2.75, 3.05) is 42.7 Å². The summed E-state index contributed by atoms with van der Waals surface area (Å²) in [6.45, 7) is 3.85. The Hall–Kier alpha value is -3.03. The van der Waals surface area contributed by atoms with Gasteiger partial charge in [-0.25, -0.2) is 16.8 Å². The van der Waals surface area contributed by atoms with Gasteiger partial charge in [-0.2, -0.15) is 9.79 Å². The zero-order valence-corrected chi connectivity index (χ0v) is 27.3. The van der Waals surface area contributed by atoms with Gasteiger partial charge in [0.25, 0.3) is 0 Å². The molecule has 0 bridgehead atoms. The largest absolute Gasteiger partial charge is 0.506 e. The Morgan fingerprint density at radius 2 is 1.82 bits per heavy atom. The van der Waals surface area contributed by atoms with Crippen LogP contribution in [-0.4, -0.2) is 80.4 Å². The normalized spacial score (nSPS) is 20.6. The molecule has 2 aromatic rings. The number of anilines is 2. The third-order valence-corrected chi connectivity index (χ3v) is 10.5. The molecule has 2 aliphatic rings. The first-order chi connectivity index (χ1) is 20.4. The van der Waals surface area contributed by atoms with Gasteiger partial charge in [-0.1, -0.05) is 48.9 Å². The Kier molecular flexibility index (Phi) is 9.54. The molecule has 4 rings (SSSR count). The van der Waals surface area contributed by atoms with Gasteiger partial charge in [0.2, 0.25) is 20.0 Å². The molecule has 0 spiro atoms. The lowest BCUT2D eigenvalue weighted by Gasteiger charge is -2.41. The zero-order valence-electron chi connectivity index (χ0n) is 24.9. The van der Waals surface area contributed by atoms with Crippen LogP contribution in [0, 0.1) is 5.92 Å². The standard InChI is InChI=1S/C27H37N5O9S3/c1-17(2)12-13-27(31-43(37,38)15-14-32(3)41-4)20-9-7-6-8-19(20)24(33)23(25(27)34)26-28-21-11-10-18(29-42(5,35)36)16-22(21)44(39,40)30-26/h6-11,16-17,29,31,33,39-40H,12-15H2,1-5H3,(H,28,30). The maximum atomic E-state index is 14.6. The molecule has 0 aromatic heterocycles. The monoisotopic (exact) mass is 671 g/mol. The van der Waals surface area contributed by atoms with Gasteiger partial charge in [-0.05, 0) is 42.5 Å². The topological polar surface area (TPSA) is 207 Å². The Bertz CT molecular complexity index is 1740. The first-order valence-corrected chi connectivity index (χ1v) is 18.6. The summed E-state index contributed by atoms with van der Waals surface area (Å²) in [5.74, 6) is -2.08. The number of hydroxylamine groups is 2. The summed E-state index contributed by atoms with van der Waals surface area (Å²) in [7, 11) is -8.88. The molecule has 0 saturated carbocycles. The molecule has 1 aliphatic heterocycles. The molecule has 0 amide bonds. The van der Waals surface area contributed by atoms with Gasteiger partial charge in [0.05, 0.1) is 30.5 Å². The second-order valence-electron chi connectivity index (χ2n) is 11.1. The van der Waals surface area contributed by atoms with Crippen molar-refractivity contribution in [3.63, 3.8) is 0 Å². The molecule has 1 unspecified atom stereocenters. The molecule has 242 valence electrons. The van der Waals surface area contributed by atoms with Crippen LogP contribution in [0.5, 0.6) is 0 Å². The third-order valence-electron chi connectivity index (χ3n) is 7.19. The second-order valence-corrected chi connectivity index (χ2v) is 16.3. The number of carbonyl (C=O) groups is 1. The number of benzene rings is 2. The molecule has 0 fully saturated rings. The zero-order chi connectivity index (χ0) is 32.7. The van der Waals surface area contributed by atoms with Gasteiger partial charge in [-0.15, -0.1) is 4.40 Å². The van der Waals surface area contributed by atoms with Crippen LogP contribution in [0.25, 0.3) is 5.76 Å². The van der Waals surface area contributed by atoms with Crippen LogP contribution in [0.3, 0.4) is 0 Å². The van der Waals surface area contributed by atoms with Crippen molar-refractivity contribution >= 4 is 59.6 Å². The van der Waals surface area contributed by atoms with Crippen molar-refractivity contribution in [2.24, 2.45) is 10.3 Å². The number of amidine groups is 1. The lowest BCUT2D eigenvalue weighted by atomic mass is 9.72. The van der Waals surface area contributed by atoms with Crippen molar-refractivity contribution in [2.45, 2.75) is 37.1 Å². The number of ketones is 1. The number of rotatable bonds is 12. The Labute approximate surface area is 258 Å². The highest BCUT2D eigenvalue weighted by molar-refractivity contribution is 8.23. The molecule has 0 radical (unpaired) electrons. The number of nitrogens with zero attached hydrogens (tertiary/aromatic N) is 2. The average molecular weight is 672 g/mol. The highest BCUT2D eigenvalue weighted by atomic mass is 32.3. The van der Waals surface area contributed by atoms with Gasteiger partial charge in [-0.3, -0.25) is 18.6 Å². The van der Waals surface area contributed by atoms with Crippen LogP contribution in [0.2, 0.25) is 0 Å². The van der Waals surface area contributed by atoms with Crippen molar-refractivity contribution in [3.8, 4) is 0 Å². The molecule has 14 nitrogen and oxygen atoms in total. The van der Waals surface area contributed by atoms with Crippen LogP contribution in [0.4, 0.5) is 11.4 Å². The van der Waals surface area contributed by atoms with E-state index >= 15 is 0 Å². The summed E-state index contributed by atoms with van der Waals surface area (Å²) < 4.78 is 81.4. The van der Waals surface area contributed by atoms with Crippen molar-refractivity contribution in [1.29, 1.82) is 0 Å². The van der Waals surface area contributed by atoms with E-state index < -0.39 is 59.2 Å². The lowest BCUT2D eigenvalue weighted by molar-refractivity contribution is -0.121. The molecule has 17 heteroatoms. The van der Waals surface area contributed by atoms with E-state index in [1.165, 1.54) is 36.4 Å². The summed E-state index contributed by atoms with van der Waals surface area (Å²) in [4.78, 5) is 19.5. The smallest absolute Gasteiger partial charge is 0.229 e. The minimum Gasteiger partial charge on any atom is -0.506 e. The number of Topliss-reactive ketones (excluding diaryl/α,β-unsaturated/α-hetero) is 1. The summed E-state index contributed by atoms with van der Waals surface area (Å²) in [5, 5.41) is 15.6. The van der Waals surface area contributed by atoms with E-state index in [9.17, 15) is 35.8 Å². The summed E-state index contributed by atoms with van der Waals surface area (Å²) in [6.07, 6.45) is 1.39. The van der Waals surface area contributed by atoms with E-state index in [2.05, 4.69) is 19.2 Å². The first-order valence-electron chi connectivity index (χ1n) is 13.5. The summed E-state index contributed by atoms with van der Waals surface area (Å²) in [5.41, 5.74) is -1.75. The maximum Gasteiger partial charge on any atom is 0.229 e. The maximum absolute atomic E-state index is 14.6. The van der Waals surface area contributed by atoms with E-state index in [4.69, 9.17) is 4.84 Å². The Morgan fingerprint density at radius 1 is 1.14 bits per heavy atom. The second kappa shape index (κ2) is 12.4. The van der Waals surface area contributed by atoms with Crippen molar-refractivity contribution in [1.82, 2.24) is 9.79 Å². The van der Waals surface area contributed by atoms with Gasteiger partial charge in [0, 0.05) is 19.2 Å². The molecule has 1 aliphatic carbocycles. The predicted octanol–water partition coefficient (Wildman–Crippen LogP) is 3.50. The number of aliphatic hydroxyl groups excluding tert-OH is 1. The highest BCUT2D eigenvalue weighted by Crippen LogP contribution is 2.57. The van der Waals surface area contributed by atoms with Crippen LogP contribution in [-0.2, 0) is 35.2 Å². The lowest BCUT2D eigenvalue weighted by Crippen LogP contribution is -2.56. The number of sulfonamides is 2. The number of hydrogen-bond donors (Lipinski definition) is 6. The van der Waals surface area contributed by atoms with E-state index in [-0.39, 0.29) is 52.1 Å². The predicted molar refractivity (Wildman–Crippen MR) is 170 cm³/mol. The SMILES string of the molecule is CON(C)CCS(=O)(=O)NC1(CCC(C)C)C(=O)C(C2=NS(O)(O)c3cc(NS(C)(=O)=O)ccc3N2)=C(O)c2ccccc21. The molecular weight excluding hydrogens is 635 g/mol. The molecular formula is C27H37N5O9S3. The summed E-state index contributed by atoms with van der Waals surface area (Å²) >= 11 is 0. The van der Waals surface area contributed by atoms with Gasteiger partial charge >= 0.3 is 0 Å². The van der Waals surface area contributed by atoms with Crippen molar-refractivity contribution < 1.29 is 40.7 Å². The van der Waals surface area contributed by atoms with Gasteiger partial charge < -0.3 is 15.3 Å². The van der Waals surface area contributed by atoms with E-state index in [1.54, 1.807) is 25.2 Å². The fourth-order valence-electron chi connectivity index (χ4n) is 4.99. The van der Waals surface area contributed by atoms with Crippen LogP contribution >= 0.6 is 10.8 Å². The fraction of sp³-hybridized carbons (Fsp3) is 0.407.